The number of hydrogen-bond donors (Lipinski definition) is 3. The van der Waals surface area contributed by atoms with E-state index >= 15 is 0 Å². The zero-order valence-corrected chi connectivity index (χ0v) is 12.0. The maximum atomic E-state index is 11.6. The van der Waals surface area contributed by atoms with Gasteiger partial charge in [-0.05, 0) is 31.2 Å². The highest BCUT2D eigenvalue weighted by atomic mass is 32.2. The lowest BCUT2D eigenvalue weighted by molar-refractivity contribution is -0.122. The van der Waals surface area contributed by atoms with Crippen molar-refractivity contribution in [2.45, 2.75) is 33.1 Å². The Morgan fingerprint density at radius 2 is 1.94 bits per heavy atom. The van der Waals surface area contributed by atoms with E-state index in [0.717, 1.165) is 6.42 Å². The second kappa shape index (κ2) is 8.44. The minimum absolute atomic E-state index is 0.0829. The van der Waals surface area contributed by atoms with Gasteiger partial charge < -0.3 is 11.1 Å². The lowest BCUT2D eigenvalue weighted by Crippen LogP contribution is -2.30. The Balaban J connectivity index is 3.82. The monoisotopic (exact) mass is 279 g/mol. The number of nitrogens with two attached hydrogens (primary N) is 2. The molecular weight excluding hydrogens is 254 g/mol. The molecule has 0 aliphatic carbocycles. The van der Waals surface area contributed by atoms with Gasteiger partial charge in [0.15, 0.2) is 0 Å². The summed E-state index contributed by atoms with van der Waals surface area (Å²) in [6, 6.07) is 0. The first-order valence-corrected chi connectivity index (χ1v) is 7.93. The van der Waals surface area contributed by atoms with Crippen molar-refractivity contribution in [2.24, 2.45) is 22.7 Å². The van der Waals surface area contributed by atoms with E-state index in [1.54, 1.807) is 0 Å². The summed E-state index contributed by atoms with van der Waals surface area (Å²) >= 11 is 0. The summed E-state index contributed by atoms with van der Waals surface area (Å²) in [7, 11) is -3.44. The number of hydrogen-bond acceptors (Lipinski definition) is 4. The van der Waals surface area contributed by atoms with E-state index < -0.39 is 10.0 Å². The molecular formula is C11H25N3O3S. The molecule has 0 aromatic rings. The summed E-state index contributed by atoms with van der Waals surface area (Å²) in [6.07, 6.45) is 1.65. The van der Waals surface area contributed by atoms with Crippen molar-refractivity contribution in [3.8, 4) is 0 Å². The molecule has 0 fully saturated rings. The number of nitrogens with one attached hydrogen (secondary N) is 1. The molecule has 6 nitrogen and oxygen atoms in total. The molecule has 108 valence electrons. The quantitative estimate of drug-likeness (QED) is 0.506. The van der Waals surface area contributed by atoms with E-state index in [-0.39, 0.29) is 17.6 Å². The van der Waals surface area contributed by atoms with Crippen LogP contribution >= 0.6 is 0 Å². The van der Waals surface area contributed by atoms with Crippen molar-refractivity contribution in [3.63, 3.8) is 0 Å². The van der Waals surface area contributed by atoms with Gasteiger partial charge in [-0.15, -0.1) is 0 Å². The number of rotatable bonds is 9. The number of carbonyl (C=O) groups excluding carboxylic acids is 1. The van der Waals surface area contributed by atoms with Crippen LogP contribution in [0.5, 0.6) is 0 Å². The predicted octanol–water partition coefficient (Wildman–Crippen LogP) is -0.208. The second-order valence-corrected chi connectivity index (χ2v) is 6.74. The summed E-state index contributed by atoms with van der Waals surface area (Å²) in [5.41, 5.74) is 5.61. The van der Waals surface area contributed by atoms with E-state index in [4.69, 9.17) is 10.9 Å². The van der Waals surface area contributed by atoms with Gasteiger partial charge >= 0.3 is 0 Å². The highest BCUT2D eigenvalue weighted by Gasteiger charge is 2.13. The van der Waals surface area contributed by atoms with Crippen LogP contribution in [-0.4, -0.2) is 33.2 Å². The Hall–Kier alpha value is -0.660. The van der Waals surface area contributed by atoms with Crippen LogP contribution in [0.4, 0.5) is 0 Å². The van der Waals surface area contributed by atoms with Crippen LogP contribution in [0.2, 0.25) is 0 Å². The molecule has 1 atom stereocenters. The van der Waals surface area contributed by atoms with Gasteiger partial charge in [0.2, 0.25) is 15.9 Å². The molecule has 0 saturated heterocycles. The van der Waals surface area contributed by atoms with Gasteiger partial charge in [-0.1, -0.05) is 13.8 Å². The minimum Gasteiger partial charge on any atom is -0.356 e. The van der Waals surface area contributed by atoms with Crippen molar-refractivity contribution in [3.05, 3.63) is 0 Å². The van der Waals surface area contributed by atoms with Gasteiger partial charge in [0.25, 0.3) is 0 Å². The molecule has 0 radical (unpaired) electrons. The molecule has 5 N–H and O–H groups in total. The van der Waals surface area contributed by atoms with E-state index in [2.05, 4.69) is 19.2 Å². The van der Waals surface area contributed by atoms with Crippen LogP contribution in [0, 0.1) is 11.8 Å². The largest absolute Gasteiger partial charge is 0.356 e. The predicted molar refractivity (Wildman–Crippen MR) is 72.2 cm³/mol. The maximum absolute atomic E-state index is 11.6. The first-order valence-electron chi connectivity index (χ1n) is 6.21. The van der Waals surface area contributed by atoms with Crippen molar-refractivity contribution in [2.75, 3.05) is 18.8 Å². The first kappa shape index (κ1) is 17.3. The molecule has 0 rings (SSSR count). The molecule has 0 spiro atoms. The molecule has 0 bridgehead atoms. The average Bonchev–Trinajstić information content (AvgIpc) is 2.21. The smallest absolute Gasteiger partial charge is 0.220 e. The molecule has 7 heteroatoms. The van der Waals surface area contributed by atoms with Crippen LogP contribution < -0.4 is 16.2 Å². The van der Waals surface area contributed by atoms with E-state index in [9.17, 15) is 13.2 Å². The number of amides is 1. The summed E-state index contributed by atoms with van der Waals surface area (Å²) in [5, 5.41) is 7.53. The van der Waals surface area contributed by atoms with Gasteiger partial charge in [0.05, 0.1) is 5.75 Å². The highest BCUT2D eigenvalue weighted by Crippen LogP contribution is 2.13. The van der Waals surface area contributed by atoms with Gasteiger partial charge in [0.1, 0.15) is 0 Å². The highest BCUT2D eigenvalue weighted by molar-refractivity contribution is 7.89. The van der Waals surface area contributed by atoms with Crippen LogP contribution in [-0.2, 0) is 14.8 Å². The fourth-order valence-corrected chi connectivity index (χ4v) is 2.31. The summed E-state index contributed by atoms with van der Waals surface area (Å²) < 4.78 is 21.3. The minimum atomic E-state index is -3.44. The second-order valence-electron chi connectivity index (χ2n) is 5.01. The Morgan fingerprint density at radius 1 is 1.33 bits per heavy atom. The Morgan fingerprint density at radius 3 is 2.39 bits per heavy atom. The van der Waals surface area contributed by atoms with Gasteiger partial charge in [0, 0.05) is 13.0 Å². The van der Waals surface area contributed by atoms with Crippen molar-refractivity contribution < 1.29 is 13.2 Å². The molecule has 0 aromatic heterocycles. The normalized spacial score (nSPS) is 13.6. The zero-order valence-electron chi connectivity index (χ0n) is 11.2. The van der Waals surface area contributed by atoms with E-state index in [1.165, 1.54) is 0 Å². The molecule has 1 amide bonds. The first-order chi connectivity index (χ1) is 8.24. The molecule has 0 aromatic carbocycles. The third-order valence-electron chi connectivity index (χ3n) is 2.54. The molecule has 0 aliphatic rings. The summed E-state index contributed by atoms with van der Waals surface area (Å²) in [5.74, 6) is 0.497. The molecule has 18 heavy (non-hydrogen) atoms. The van der Waals surface area contributed by atoms with Crippen LogP contribution in [0.3, 0.4) is 0 Å². The Bertz CT molecular complexity index is 341. The van der Waals surface area contributed by atoms with Crippen molar-refractivity contribution >= 4 is 15.9 Å². The third-order valence-corrected chi connectivity index (χ3v) is 3.40. The van der Waals surface area contributed by atoms with E-state index in [1.807, 2.05) is 0 Å². The van der Waals surface area contributed by atoms with Gasteiger partial charge in [-0.2, -0.15) is 0 Å². The number of sulfonamides is 1. The van der Waals surface area contributed by atoms with Gasteiger partial charge in [-0.3, -0.25) is 4.79 Å². The topological polar surface area (TPSA) is 115 Å². The van der Waals surface area contributed by atoms with Crippen molar-refractivity contribution in [1.29, 1.82) is 0 Å². The van der Waals surface area contributed by atoms with Crippen LogP contribution in [0.1, 0.15) is 33.1 Å². The average molecular weight is 279 g/mol. The molecule has 0 saturated carbocycles. The van der Waals surface area contributed by atoms with Gasteiger partial charge in [-0.25, -0.2) is 13.6 Å². The Labute approximate surface area is 110 Å². The maximum Gasteiger partial charge on any atom is 0.220 e. The fraction of sp³-hybridized carbons (Fsp3) is 0.909. The SMILES string of the molecule is CC(C)CC(CN)CC(=O)NCCCS(N)(=O)=O. The summed E-state index contributed by atoms with van der Waals surface area (Å²) in [6.45, 7) is 5.00. The summed E-state index contributed by atoms with van der Waals surface area (Å²) in [4.78, 5) is 11.6. The van der Waals surface area contributed by atoms with Crippen LogP contribution in [0.15, 0.2) is 0 Å². The molecule has 1 unspecified atom stereocenters. The number of primary sulfonamides is 1. The molecule has 0 heterocycles. The fourth-order valence-electron chi connectivity index (χ4n) is 1.77. The standard InChI is InChI=1S/C11H25N3O3S/c1-9(2)6-10(8-12)7-11(15)14-4-3-5-18(13,16)17/h9-10H,3-8,12H2,1-2H3,(H,14,15)(H2,13,16,17). The molecule has 0 aliphatic heterocycles. The van der Waals surface area contributed by atoms with Crippen molar-refractivity contribution in [1.82, 2.24) is 5.32 Å². The third kappa shape index (κ3) is 10.5. The lowest BCUT2D eigenvalue weighted by atomic mass is 9.94. The number of carbonyl (C=O) groups is 1. The van der Waals surface area contributed by atoms with Crippen LogP contribution in [0.25, 0.3) is 0 Å². The lowest BCUT2D eigenvalue weighted by Gasteiger charge is -2.16. The Kier molecular flexibility index (Phi) is 8.13. The van der Waals surface area contributed by atoms with E-state index in [0.29, 0.717) is 31.8 Å². The zero-order chi connectivity index (χ0) is 14.2.